The summed E-state index contributed by atoms with van der Waals surface area (Å²) in [5, 5.41) is 5.68. The van der Waals surface area contributed by atoms with Crippen molar-refractivity contribution in [2.45, 2.75) is 11.4 Å². The van der Waals surface area contributed by atoms with E-state index in [1.165, 1.54) is 4.90 Å². The molecule has 0 heterocycles. The molecule has 0 atom stereocenters. The van der Waals surface area contributed by atoms with Crippen molar-refractivity contribution in [1.29, 1.82) is 0 Å². The Morgan fingerprint density at radius 2 is 1.77 bits per heavy atom. The van der Waals surface area contributed by atoms with Crippen molar-refractivity contribution in [3.8, 4) is 5.75 Å². The Morgan fingerprint density at radius 1 is 1.05 bits per heavy atom. The zero-order valence-electron chi connectivity index (χ0n) is 12.5. The van der Waals surface area contributed by atoms with E-state index in [9.17, 15) is 4.79 Å². The van der Waals surface area contributed by atoms with Crippen molar-refractivity contribution in [2.75, 3.05) is 19.4 Å². The summed E-state index contributed by atoms with van der Waals surface area (Å²) in [7, 11) is 1.62. The summed E-state index contributed by atoms with van der Waals surface area (Å²) in [5.41, 5.74) is 0.957. The van der Waals surface area contributed by atoms with Gasteiger partial charge in [0, 0.05) is 29.3 Å². The number of ether oxygens (including phenoxy) is 1. The van der Waals surface area contributed by atoms with E-state index >= 15 is 0 Å². The molecule has 0 aliphatic carbocycles. The molecule has 2 aromatic rings. The van der Waals surface area contributed by atoms with Gasteiger partial charge in [-0.3, -0.25) is 0 Å². The largest absolute Gasteiger partial charge is 0.496 e. The van der Waals surface area contributed by atoms with Crippen LogP contribution in [-0.2, 0) is 6.54 Å². The Balaban J connectivity index is 1.66. The van der Waals surface area contributed by atoms with Crippen molar-refractivity contribution < 1.29 is 9.53 Å². The van der Waals surface area contributed by atoms with Crippen LogP contribution in [-0.4, -0.2) is 25.4 Å². The van der Waals surface area contributed by atoms with Gasteiger partial charge in [-0.05, 0) is 18.2 Å². The van der Waals surface area contributed by atoms with Gasteiger partial charge in [-0.1, -0.05) is 36.4 Å². The van der Waals surface area contributed by atoms with Gasteiger partial charge in [0.15, 0.2) is 0 Å². The number of urea groups is 1. The molecule has 0 saturated carbocycles. The molecule has 116 valence electrons. The van der Waals surface area contributed by atoms with Gasteiger partial charge in [0.05, 0.1) is 7.11 Å². The molecule has 2 amide bonds. The molecular formula is C17H20N2O2S. The van der Waals surface area contributed by atoms with Gasteiger partial charge >= 0.3 is 6.03 Å². The third-order valence-corrected chi connectivity index (χ3v) is 4.05. The zero-order chi connectivity index (χ0) is 15.6. The van der Waals surface area contributed by atoms with E-state index < -0.39 is 0 Å². The first-order valence-electron chi connectivity index (χ1n) is 7.11. The highest BCUT2D eigenvalue weighted by Gasteiger charge is 2.04. The Labute approximate surface area is 135 Å². The second-order valence-corrected chi connectivity index (χ2v) is 5.75. The lowest BCUT2D eigenvalue weighted by atomic mass is 10.2. The summed E-state index contributed by atoms with van der Waals surface area (Å²) in [6.07, 6.45) is 0. The average Bonchev–Trinajstić information content (AvgIpc) is 2.58. The van der Waals surface area contributed by atoms with Crippen molar-refractivity contribution >= 4 is 17.8 Å². The number of hydrogen-bond acceptors (Lipinski definition) is 3. The highest BCUT2D eigenvalue weighted by atomic mass is 32.2. The number of carbonyl (C=O) groups is 1. The SMILES string of the molecule is COc1ccccc1CNC(=O)NCCSc1ccccc1. The van der Waals surface area contributed by atoms with Crippen molar-refractivity contribution in [3.05, 3.63) is 60.2 Å². The molecule has 0 aromatic heterocycles. The van der Waals surface area contributed by atoms with Crippen molar-refractivity contribution in [1.82, 2.24) is 10.6 Å². The van der Waals surface area contributed by atoms with Crippen LogP contribution in [0.4, 0.5) is 4.79 Å². The number of thioether (sulfide) groups is 1. The first kappa shape index (κ1) is 16.2. The standard InChI is InChI=1S/C17H20N2O2S/c1-21-16-10-6-5-7-14(16)13-19-17(20)18-11-12-22-15-8-3-2-4-9-15/h2-10H,11-13H2,1H3,(H2,18,19,20). The minimum absolute atomic E-state index is 0.167. The maximum absolute atomic E-state index is 11.8. The minimum atomic E-state index is -0.167. The lowest BCUT2D eigenvalue weighted by Gasteiger charge is -2.10. The third-order valence-electron chi connectivity index (χ3n) is 3.03. The number of amides is 2. The molecular weight excluding hydrogens is 296 g/mol. The van der Waals surface area contributed by atoms with E-state index in [4.69, 9.17) is 4.74 Å². The van der Waals surface area contributed by atoms with Crippen LogP contribution in [0.25, 0.3) is 0 Å². The molecule has 5 heteroatoms. The number of hydrogen-bond donors (Lipinski definition) is 2. The molecule has 0 saturated heterocycles. The van der Waals surface area contributed by atoms with Crippen LogP contribution in [0.15, 0.2) is 59.5 Å². The smallest absolute Gasteiger partial charge is 0.315 e. The zero-order valence-corrected chi connectivity index (χ0v) is 13.4. The van der Waals surface area contributed by atoms with E-state index in [-0.39, 0.29) is 6.03 Å². The number of nitrogens with one attached hydrogen (secondary N) is 2. The van der Waals surface area contributed by atoms with Crippen LogP contribution >= 0.6 is 11.8 Å². The fourth-order valence-electron chi connectivity index (χ4n) is 1.94. The van der Waals surface area contributed by atoms with Crippen LogP contribution in [0.5, 0.6) is 5.75 Å². The Morgan fingerprint density at radius 3 is 2.55 bits per heavy atom. The summed E-state index contributed by atoms with van der Waals surface area (Å²) in [5.74, 6) is 1.62. The first-order valence-corrected chi connectivity index (χ1v) is 8.09. The average molecular weight is 316 g/mol. The number of rotatable bonds is 7. The van der Waals surface area contributed by atoms with Gasteiger partial charge in [-0.25, -0.2) is 4.79 Å². The Kier molecular flexibility index (Phi) is 6.64. The minimum Gasteiger partial charge on any atom is -0.496 e. The maximum atomic E-state index is 11.8. The second kappa shape index (κ2) is 9.00. The summed E-state index contributed by atoms with van der Waals surface area (Å²) in [4.78, 5) is 13.0. The molecule has 22 heavy (non-hydrogen) atoms. The molecule has 2 aromatic carbocycles. The van der Waals surface area contributed by atoms with Crippen LogP contribution in [0.2, 0.25) is 0 Å². The fourth-order valence-corrected chi connectivity index (χ4v) is 2.73. The van der Waals surface area contributed by atoms with E-state index in [2.05, 4.69) is 22.8 Å². The molecule has 0 bridgehead atoms. The highest BCUT2D eigenvalue weighted by Crippen LogP contribution is 2.17. The molecule has 2 rings (SSSR count). The first-order chi connectivity index (χ1) is 10.8. The summed E-state index contributed by atoms with van der Waals surface area (Å²) < 4.78 is 5.25. The lowest BCUT2D eigenvalue weighted by molar-refractivity contribution is 0.241. The van der Waals surface area contributed by atoms with Crippen molar-refractivity contribution in [2.24, 2.45) is 0 Å². The molecule has 2 N–H and O–H groups in total. The van der Waals surface area contributed by atoms with Gasteiger partial charge in [0.25, 0.3) is 0 Å². The molecule has 4 nitrogen and oxygen atoms in total. The number of carbonyl (C=O) groups excluding carboxylic acids is 1. The van der Waals surface area contributed by atoms with Crippen LogP contribution in [0.3, 0.4) is 0 Å². The molecule has 0 fully saturated rings. The summed E-state index contributed by atoms with van der Waals surface area (Å²) in [6, 6.07) is 17.6. The lowest BCUT2D eigenvalue weighted by Crippen LogP contribution is -2.36. The number of benzene rings is 2. The molecule has 0 spiro atoms. The van der Waals surface area contributed by atoms with Crippen LogP contribution in [0, 0.1) is 0 Å². The molecule has 0 aliphatic heterocycles. The van der Waals surface area contributed by atoms with E-state index in [0.717, 1.165) is 17.1 Å². The highest BCUT2D eigenvalue weighted by molar-refractivity contribution is 7.99. The summed E-state index contributed by atoms with van der Waals surface area (Å²) in [6.45, 7) is 1.07. The fraction of sp³-hybridized carbons (Fsp3) is 0.235. The van der Waals surface area contributed by atoms with Gasteiger partial charge in [-0.2, -0.15) is 0 Å². The third kappa shape index (κ3) is 5.33. The predicted octanol–water partition coefficient (Wildman–Crippen LogP) is 3.29. The molecule has 0 radical (unpaired) electrons. The monoisotopic (exact) mass is 316 g/mol. The normalized spacial score (nSPS) is 10.0. The van der Waals surface area contributed by atoms with Gasteiger partial charge in [0.1, 0.15) is 5.75 Å². The number of para-hydroxylation sites is 1. The second-order valence-electron chi connectivity index (χ2n) is 4.58. The predicted molar refractivity (Wildman–Crippen MR) is 90.4 cm³/mol. The van der Waals surface area contributed by atoms with Crippen LogP contribution < -0.4 is 15.4 Å². The number of methoxy groups -OCH3 is 1. The van der Waals surface area contributed by atoms with Crippen molar-refractivity contribution in [3.63, 3.8) is 0 Å². The Hall–Kier alpha value is -2.14. The quantitative estimate of drug-likeness (QED) is 0.609. The van der Waals surface area contributed by atoms with Gasteiger partial charge in [0.2, 0.25) is 0 Å². The van der Waals surface area contributed by atoms with E-state index in [1.54, 1.807) is 18.9 Å². The van der Waals surface area contributed by atoms with Gasteiger partial charge in [-0.15, -0.1) is 11.8 Å². The summed E-state index contributed by atoms with van der Waals surface area (Å²) >= 11 is 1.72. The van der Waals surface area contributed by atoms with Crippen LogP contribution in [0.1, 0.15) is 5.56 Å². The Bertz CT molecular complexity index is 590. The molecule has 0 unspecified atom stereocenters. The van der Waals surface area contributed by atoms with E-state index in [0.29, 0.717) is 13.1 Å². The van der Waals surface area contributed by atoms with Gasteiger partial charge < -0.3 is 15.4 Å². The molecule has 0 aliphatic rings. The maximum Gasteiger partial charge on any atom is 0.315 e. The van der Waals surface area contributed by atoms with E-state index in [1.807, 2.05) is 42.5 Å². The topological polar surface area (TPSA) is 50.4 Å².